The van der Waals surface area contributed by atoms with Crippen LogP contribution in [0.4, 0.5) is 4.39 Å². The molecule has 2 aromatic carbocycles. The van der Waals surface area contributed by atoms with Crippen LogP contribution >= 0.6 is 11.6 Å². The Kier molecular flexibility index (Phi) is 5.75. The summed E-state index contributed by atoms with van der Waals surface area (Å²) in [5, 5.41) is 0.593. The van der Waals surface area contributed by atoms with Crippen LogP contribution in [0.5, 0.6) is 0 Å². The molecule has 2 rings (SSSR count). The average Bonchev–Trinajstić information content (AvgIpc) is 2.47. The smallest absolute Gasteiger partial charge is 0.240 e. The molecule has 0 heterocycles. The maximum absolute atomic E-state index is 12.9. The van der Waals surface area contributed by atoms with Crippen LogP contribution in [0, 0.1) is 5.82 Å². The molecule has 0 radical (unpaired) electrons. The van der Waals surface area contributed by atoms with Gasteiger partial charge in [0.05, 0.1) is 4.90 Å². The number of rotatable bonds is 6. The van der Waals surface area contributed by atoms with Crippen LogP contribution in [0.2, 0.25) is 5.02 Å². The number of benzene rings is 2. The molecule has 0 aliphatic heterocycles. The fourth-order valence-electron chi connectivity index (χ4n) is 2.20. The Labute approximate surface area is 140 Å². The topological polar surface area (TPSA) is 49.4 Å². The first-order chi connectivity index (χ1) is 10.8. The first kappa shape index (κ1) is 17.9. The maximum atomic E-state index is 12.9. The molecule has 0 bridgehead atoms. The van der Waals surface area contributed by atoms with Crippen LogP contribution in [0.25, 0.3) is 0 Å². The second-order valence-corrected chi connectivity index (χ2v) is 7.54. The molecule has 0 spiro atoms. The van der Waals surface area contributed by atoms with Crippen LogP contribution < -0.4 is 4.72 Å². The summed E-state index contributed by atoms with van der Waals surface area (Å²) in [7, 11) is 0.0177. The molecule has 0 aromatic heterocycles. The normalized spacial score (nSPS) is 13.3. The lowest BCUT2D eigenvalue weighted by Gasteiger charge is -2.25. The van der Waals surface area contributed by atoms with Crippen molar-refractivity contribution in [3.05, 3.63) is 64.9 Å². The van der Waals surface area contributed by atoms with Crippen LogP contribution in [-0.2, 0) is 10.0 Å². The molecule has 1 atom stereocenters. The highest BCUT2D eigenvalue weighted by atomic mass is 35.5. The quantitative estimate of drug-likeness (QED) is 0.865. The van der Waals surface area contributed by atoms with Gasteiger partial charge in [0.25, 0.3) is 0 Å². The van der Waals surface area contributed by atoms with E-state index in [-0.39, 0.29) is 17.5 Å². The molecule has 1 N–H and O–H groups in total. The number of nitrogens with one attached hydrogen (secondary N) is 1. The first-order valence-electron chi connectivity index (χ1n) is 6.97. The zero-order valence-electron chi connectivity index (χ0n) is 12.8. The molecule has 0 amide bonds. The van der Waals surface area contributed by atoms with E-state index in [1.54, 1.807) is 12.1 Å². The largest absolute Gasteiger partial charge is 0.301 e. The Bertz CT molecular complexity index is 764. The Morgan fingerprint density at radius 1 is 1.17 bits per heavy atom. The van der Waals surface area contributed by atoms with Gasteiger partial charge in [-0.3, -0.25) is 0 Å². The van der Waals surface area contributed by atoms with E-state index >= 15 is 0 Å². The highest BCUT2D eigenvalue weighted by Gasteiger charge is 2.20. The van der Waals surface area contributed by atoms with Gasteiger partial charge >= 0.3 is 0 Å². The fourth-order valence-corrected chi connectivity index (χ4v) is 3.44. The van der Waals surface area contributed by atoms with E-state index in [9.17, 15) is 12.8 Å². The lowest BCUT2D eigenvalue weighted by molar-refractivity contribution is 0.299. The minimum absolute atomic E-state index is 0.0301. The van der Waals surface area contributed by atoms with Crippen molar-refractivity contribution in [1.29, 1.82) is 0 Å². The summed E-state index contributed by atoms with van der Waals surface area (Å²) in [6.45, 7) is 0.174. The van der Waals surface area contributed by atoms with E-state index in [1.807, 2.05) is 31.1 Å². The lowest BCUT2D eigenvalue weighted by Crippen LogP contribution is -2.34. The average molecular weight is 357 g/mol. The van der Waals surface area contributed by atoms with Crippen LogP contribution in [0.3, 0.4) is 0 Å². The summed E-state index contributed by atoms with van der Waals surface area (Å²) in [5.41, 5.74) is 0.907. The van der Waals surface area contributed by atoms with E-state index < -0.39 is 15.8 Å². The standard InChI is InChI=1S/C16H18ClFN2O2S/c1-20(2)16(12-4-3-5-13(17)10-12)11-19-23(21,22)15-8-6-14(18)7-9-15/h3-10,16,19H,11H2,1-2H3. The van der Waals surface area contributed by atoms with Gasteiger partial charge in [-0.15, -0.1) is 0 Å². The van der Waals surface area contributed by atoms with Gasteiger partial charge < -0.3 is 4.90 Å². The summed E-state index contributed by atoms with van der Waals surface area (Å²) in [4.78, 5) is 1.93. The van der Waals surface area contributed by atoms with Gasteiger partial charge in [0.2, 0.25) is 10.0 Å². The lowest BCUT2D eigenvalue weighted by atomic mass is 10.1. The Balaban J connectivity index is 2.17. The van der Waals surface area contributed by atoms with Crippen molar-refractivity contribution < 1.29 is 12.8 Å². The predicted octanol–water partition coefficient (Wildman–Crippen LogP) is 3.06. The van der Waals surface area contributed by atoms with Gasteiger partial charge in [0.1, 0.15) is 5.82 Å². The third-order valence-electron chi connectivity index (χ3n) is 3.45. The van der Waals surface area contributed by atoms with Gasteiger partial charge in [-0.25, -0.2) is 17.5 Å². The van der Waals surface area contributed by atoms with Crippen molar-refractivity contribution in [2.45, 2.75) is 10.9 Å². The Morgan fingerprint density at radius 2 is 1.83 bits per heavy atom. The highest BCUT2D eigenvalue weighted by Crippen LogP contribution is 2.21. The number of hydrogen-bond acceptors (Lipinski definition) is 3. The summed E-state index contributed by atoms with van der Waals surface area (Å²) in [6.07, 6.45) is 0. The Morgan fingerprint density at radius 3 is 2.39 bits per heavy atom. The number of nitrogens with zero attached hydrogens (tertiary/aromatic N) is 1. The molecule has 23 heavy (non-hydrogen) atoms. The van der Waals surface area contributed by atoms with Gasteiger partial charge in [0.15, 0.2) is 0 Å². The summed E-state index contributed by atoms with van der Waals surface area (Å²) < 4.78 is 40.1. The zero-order chi connectivity index (χ0) is 17.0. The second kappa shape index (κ2) is 7.40. The maximum Gasteiger partial charge on any atom is 0.240 e. The predicted molar refractivity (Wildman–Crippen MR) is 89.5 cm³/mol. The molecule has 0 aliphatic rings. The second-order valence-electron chi connectivity index (χ2n) is 5.34. The zero-order valence-corrected chi connectivity index (χ0v) is 14.4. The molecular formula is C16H18ClFN2O2S. The number of sulfonamides is 1. The van der Waals surface area contributed by atoms with Crippen molar-refractivity contribution in [1.82, 2.24) is 9.62 Å². The molecule has 0 fully saturated rings. The SMILES string of the molecule is CN(C)C(CNS(=O)(=O)c1ccc(F)cc1)c1cccc(Cl)c1. The molecule has 2 aromatic rings. The molecule has 0 saturated carbocycles. The molecule has 0 aliphatic carbocycles. The van der Waals surface area contributed by atoms with Crippen LogP contribution in [0.15, 0.2) is 53.4 Å². The van der Waals surface area contributed by atoms with Crippen molar-refractivity contribution in [3.63, 3.8) is 0 Å². The van der Waals surface area contributed by atoms with Crippen molar-refractivity contribution in [2.75, 3.05) is 20.6 Å². The molecule has 0 saturated heterocycles. The number of likely N-dealkylation sites (N-methyl/N-ethyl adjacent to an activating group) is 1. The van der Waals surface area contributed by atoms with Crippen molar-refractivity contribution in [3.8, 4) is 0 Å². The van der Waals surface area contributed by atoms with E-state index in [0.717, 1.165) is 17.7 Å². The summed E-state index contributed by atoms with van der Waals surface area (Å²) in [6, 6.07) is 11.8. The molecule has 1 unspecified atom stereocenters. The highest BCUT2D eigenvalue weighted by molar-refractivity contribution is 7.89. The number of hydrogen-bond donors (Lipinski definition) is 1. The minimum Gasteiger partial charge on any atom is -0.301 e. The minimum atomic E-state index is -3.70. The number of halogens is 2. The molecule has 124 valence electrons. The van der Waals surface area contributed by atoms with E-state index in [2.05, 4.69) is 4.72 Å². The summed E-state index contributed by atoms with van der Waals surface area (Å²) >= 11 is 6.00. The monoisotopic (exact) mass is 356 g/mol. The summed E-state index contributed by atoms with van der Waals surface area (Å²) in [5.74, 6) is -0.478. The van der Waals surface area contributed by atoms with E-state index in [0.29, 0.717) is 5.02 Å². The van der Waals surface area contributed by atoms with Gasteiger partial charge in [0, 0.05) is 17.6 Å². The van der Waals surface area contributed by atoms with Crippen molar-refractivity contribution >= 4 is 21.6 Å². The third-order valence-corrected chi connectivity index (χ3v) is 5.12. The van der Waals surface area contributed by atoms with Gasteiger partial charge in [-0.1, -0.05) is 23.7 Å². The van der Waals surface area contributed by atoms with Crippen molar-refractivity contribution in [2.24, 2.45) is 0 Å². The third kappa shape index (κ3) is 4.75. The fraction of sp³-hybridized carbons (Fsp3) is 0.250. The molecule has 7 heteroatoms. The Hall–Kier alpha value is -1.47. The molecule has 4 nitrogen and oxygen atoms in total. The van der Waals surface area contributed by atoms with Gasteiger partial charge in [-0.05, 0) is 56.1 Å². The van der Waals surface area contributed by atoms with E-state index in [4.69, 9.17) is 11.6 Å². The van der Waals surface area contributed by atoms with Crippen LogP contribution in [-0.4, -0.2) is 34.0 Å². The van der Waals surface area contributed by atoms with E-state index in [1.165, 1.54) is 12.1 Å². The van der Waals surface area contributed by atoms with Gasteiger partial charge in [-0.2, -0.15) is 0 Å². The van der Waals surface area contributed by atoms with Crippen LogP contribution in [0.1, 0.15) is 11.6 Å². The first-order valence-corrected chi connectivity index (χ1v) is 8.83. The molecular weight excluding hydrogens is 339 g/mol.